The number of hydrogen-bond donors (Lipinski definition) is 1. The fraction of sp³-hybridized carbons (Fsp3) is 0.529. The van der Waals surface area contributed by atoms with Crippen LogP contribution in [0.4, 0.5) is 5.69 Å². The second-order valence-electron chi connectivity index (χ2n) is 5.91. The Hall–Kier alpha value is -1.99. The first-order valence-corrected chi connectivity index (χ1v) is 8.28. The van der Waals surface area contributed by atoms with Crippen LogP contribution in [0.2, 0.25) is 5.02 Å². The molecule has 1 aliphatic rings. The van der Waals surface area contributed by atoms with E-state index >= 15 is 0 Å². The Balaban J connectivity index is 2.42. The topological polar surface area (TPSA) is 77.1 Å². The zero-order chi connectivity index (χ0) is 18.6. The molecule has 1 heterocycles. The molecule has 0 bridgehead atoms. The molecule has 0 aliphatic carbocycles. The number of amides is 2. The molecule has 1 N–H and O–H groups in total. The van der Waals surface area contributed by atoms with Gasteiger partial charge in [-0.05, 0) is 19.4 Å². The first-order chi connectivity index (χ1) is 11.9. The van der Waals surface area contributed by atoms with E-state index in [-0.39, 0.29) is 18.2 Å². The zero-order valence-corrected chi connectivity index (χ0v) is 15.6. The van der Waals surface area contributed by atoms with E-state index in [1.807, 2.05) is 0 Å². The maximum absolute atomic E-state index is 12.7. The highest BCUT2D eigenvalue weighted by Crippen LogP contribution is 2.44. The van der Waals surface area contributed by atoms with Crippen molar-refractivity contribution >= 4 is 29.1 Å². The Morgan fingerprint density at radius 1 is 1.28 bits per heavy atom. The van der Waals surface area contributed by atoms with Gasteiger partial charge in [0.25, 0.3) is 0 Å². The van der Waals surface area contributed by atoms with Crippen molar-refractivity contribution in [3.8, 4) is 11.5 Å². The van der Waals surface area contributed by atoms with E-state index in [0.29, 0.717) is 41.8 Å². The smallest absolute Gasteiger partial charge is 0.246 e. The minimum absolute atomic E-state index is 0.163. The van der Waals surface area contributed by atoms with Crippen molar-refractivity contribution in [1.82, 2.24) is 5.32 Å². The molecule has 1 fully saturated rings. The SMILES string of the molecule is COCCNC(=O)[C@@]1(C)CCC(=O)N1c1cc(Cl)c(OC)cc1OC. The number of nitrogens with zero attached hydrogens (tertiary/aromatic N) is 1. The number of anilines is 1. The van der Waals surface area contributed by atoms with Gasteiger partial charge in [-0.2, -0.15) is 0 Å². The Morgan fingerprint density at radius 3 is 2.56 bits per heavy atom. The monoisotopic (exact) mass is 370 g/mol. The van der Waals surface area contributed by atoms with Gasteiger partial charge in [0.1, 0.15) is 17.0 Å². The van der Waals surface area contributed by atoms with Gasteiger partial charge in [0.15, 0.2) is 0 Å². The number of carbonyl (C=O) groups is 2. The van der Waals surface area contributed by atoms with E-state index in [1.165, 1.54) is 19.1 Å². The van der Waals surface area contributed by atoms with Crippen molar-refractivity contribution in [2.24, 2.45) is 0 Å². The Morgan fingerprint density at radius 2 is 1.96 bits per heavy atom. The minimum atomic E-state index is -1.03. The van der Waals surface area contributed by atoms with Crippen LogP contribution in [0.15, 0.2) is 12.1 Å². The quantitative estimate of drug-likeness (QED) is 0.743. The highest BCUT2D eigenvalue weighted by Gasteiger charge is 2.49. The van der Waals surface area contributed by atoms with Crippen LogP contribution in [0, 0.1) is 0 Å². The number of ether oxygens (including phenoxy) is 3. The molecule has 8 heteroatoms. The van der Waals surface area contributed by atoms with E-state index < -0.39 is 5.54 Å². The summed E-state index contributed by atoms with van der Waals surface area (Å²) >= 11 is 6.22. The summed E-state index contributed by atoms with van der Waals surface area (Å²) < 4.78 is 15.5. The summed E-state index contributed by atoms with van der Waals surface area (Å²) in [5, 5.41) is 3.14. The van der Waals surface area contributed by atoms with Gasteiger partial charge >= 0.3 is 0 Å². The van der Waals surface area contributed by atoms with E-state index in [9.17, 15) is 9.59 Å². The summed E-state index contributed by atoms with van der Waals surface area (Å²) in [7, 11) is 4.54. The lowest BCUT2D eigenvalue weighted by molar-refractivity contribution is -0.127. The maximum Gasteiger partial charge on any atom is 0.246 e. The maximum atomic E-state index is 12.7. The lowest BCUT2D eigenvalue weighted by Gasteiger charge is -2.34. The number of rotatable bonds is 7. The lowest BCUT2D eigenvalue weighted by atomic mass is 9.97. The van der Waals surface area contributed by atoms with Crippen LogP contribution < -0.4 is 19.7 Å². The van der Waals surface area contributed by atoms with Gasteiger partial charge in [-0.25, -0.2) is 0 Å². The van der Waals surface area contributed by atoms with Crippen LogP contribution >= 0.6 is 11.6 Å². The molecule has 138 valence electrons. The van der Waals surface area contributed by atoms with Crippen LogP contribution in [-0.4, -0.2) is 51.8 Å². The standard InChI is InChI=1S/C17H23ClN2O5/c1-17(16(22)19-7-8-23-2)6-5-15(21)20(17)12-9-11(18)13(24-3)10-14(12)25-4/h9-10H,5-8H2,1-4H3,(H,19,22)/t17-/m1/s1. The van der Waals surface area contributed by atoms with Gasteiger partial charge in [-0.3, -0.25) is 14.5 Å². The summed E-state index contributed by atoms with van der Waals surface area (Å²) in [5.41, 5.74) is -0.587. The molecule has 25 heavy (non-hydrogen) atoms. The van der Waals surface area contributed by atoms with Gasteiger partial charge in [0.05, 0.1) is 31.5 Å². The molecule has 2 amide bonds. The molecule has 0 unspecified atom stereocenters. The predicted octanol–water partition coefficient (Wildman–Crippen LogP) is 2.01. The van der Waals surface area contributed by atoms with Crippen LogP contribution in [-0.2, 0) is 14.3 Å². The first kappa shape index (κ1) is 19.3. The summed E-state index contributed by atoms with van der Waals surface area (Å²) in [5.74, 6) is 0.431. The number of methoxy groups -OCH3 is 3. The van der Waals surface area contributed by atoms with Gasteiger partial charge < -0.3 is 19.5 Å². The third kappa shape index (κ3) is 3.67. The first-order valence-electron chi connectivity index (χ1n) is 7.91. The summed E-state index contributed by atoms with van der Waals surface area (Å²) in [6, 6.07) is 3.19. The van der Waals surface area contributed by atoms with Gasteiger partial charge in [-0.1, -0.05) is 11.6 Å². The lowest BCUT2D eigenvalue weighted by Crippen LogP contribution is -2.55. The molecule has 0 saturated carbocycles. The third-order valence-electron chi connectivity index (χ3n) is 4.34. The van der Waals surface area contributed by atoms with Gasteiger partial charge in [-0.15, -0.1) is 0 Å². The van der Waals surface area contributed by atoms with Crippen molar-refractivity contribution in [1.29, 1.82) is 0 Å². The second kappa shape index (κ2) is 7.93. The summed E-state index contributed by atoms with van der Waals surface area (Å²) in [6.07, 6.45) is 0.665. The van der Waals surface area contributed by atoms with Crippen molar-refractivity contribution in [2.75, 3.05) is 39.4 Å². The van der Waals surface area contributed by atoms with Gasteiger partial charge in [0.2, 0.25) is 11.8 Å². The van der Waals surface area contributed by atoms with E-state index in [0.717, 1.165) is 0 Å². The second-order valence-corrected chi connectivity index (χ2v) is 6.32. The molecule has 2 rings (SSSR count). The molecular formula is C17H23ClN2O5. The van der Waals surface area contributed by atoms with Gasteiger partial charge in [0, 0.05) is 26.1 Å². The number of carbonyl (C=O) groups excluding carboxylic acids is 2. The fourth-order valence-corrected chi connectivity index (χ4v) is 3.18. The fourth-order valence-electron chi connectivity index (χ4n) is 2.94. The van der Waals surface area contributed by atoms with Crippen molar-refractivity contribution < 1.29 is 23.8 Å². The molecule has 1 aliphatic heterocycles. The van der Waals surface area contributed by atoms with Crippen LogP contribution in [0.3, 0.4) is 0 Å². The zero-order valence-electron chi connectivity index (χ0n) is 14.8. The van der Waals surface area contributed by atoms with E-state index in [1.54, 1.807) is 26.2 Å². The number of nitrogens with one attached hydrogen (secondary N) is 1. The molecule has 0 radical (unpaired) electrons. The molecule has 7 nitrogen and oxygen atoms in total. The molecule has 0 spiro atoms. The number of benzene rings is 1. The van der Waals surface area contributed by atoms with Crippen molar-refractivity contribution in [3.63, 3.8) is 0 Å². The molecule has 1 aromatic carbocycles. The molecule has 1 saturated heterocycles. The Labute approximate surface area is 152 Å². The van der Waals surface area contributed by atoms with Crippen molar-refractivity contribution in [2.45, 2.75) is 25.3 Å². The third-order valence-corrected chi connectivity index (χ3v) is 4.64. The molecule has 0 aromatic heterocycles. The highest BCUT2D eigenvalue weighted by molar-refractivity contribution is 6.32. The largest absolute Gasteiger partial charge is 0.495 e. The molecule has 1 aromatic rings. The minimum Gasteiger partial charge on any atom is -0.495 e. The number of hydrogen-bond acceptors (Lipinski definition) is 5. The van der Waals surface area contributed by atoms with E-state index in [2.05, 4.69) is 5.32 Å². The normalized spacial score (nSPS) is 19.9. The van der Waals surface area contributed by atoms with E-state index in [4.69, 9.17) is 25.8 Å². The Bertz CT molecular complexity index is 667. The average molecular weight is 371 g/mol. The summed E-state index contributed by atoms with van der Waals surface area (Å²) in [4.78, 5) is 26.7. The van der Waals surface area contributed by atoms with Crippen molar-refractivity contribution in [3.05, 3.63) is 17.2 Å². The molecular weight excluding hydrogens is 348 g/mol. The number of halogens is 1. The Kier molecular flexibility index (Phi) is 6.13. The van der Waals surface area contributed by atoms with Crippen LogP contribution in [0.5, 0.6) is 11.5 Å². The molecule has 1 atom stereocenters. The van der Waals surface area contributed by atoms with Crippen LogP contribution in [0.1, 0.15) is 19.8 Å². The predicted molar refractivity (Wildman–Crippen MR) is 94.6 cm³/mol. The average Bonchev–Trinajstić information content (AvgIpc) is 2.90. The highest BCUT2D eigenvalue weighted by atomic mass is 35.5. The summed E-state index contributed by atoms with van der Waals surface area (Å²) in [6.45, 7) is 2.50. The van der Waals surface area contributed by atoms with Crippen LogP contribution in [0.25, 0.3) is 0 Å².